The molecular weight excluding hydrogens is 347 g/mol. The first-order valence-electron chi connectivity index (χ1n) is 7.67. The summed E-state index contributed by atoms with van der Waals surface area (Å²) in [6.07, 6.45) is 4.23. The molecule has 1 saturated heterocycles. The summed E-state index contributed by atoms with van der Waals surface area (Å²) in [5.41, 5.74) is 1.12. The van der Waals surface area contributed by atoms with E-state index >= 15 is 0 Å². The molecule has 0 N–H and O–H groups in total. The van der Waals surface area contributed by atoms with Gasteiger partial charge in [-0.1, -0.05) is 20.8 Å². The number of rotatable bonds is 4. The van der Waals surface area contributed by atoms with E-state index in [0.29, 0.717) is 10.8 Å². The fourth-order valence-corrected chi connectivity index (χ4v) is 4.08. The molecule has 3 heteroatoms. The van der Waals surface area contributed by atoms with E-state index < -0.39 is 0 Å². The predicted molar refractivity (Wildman–Crippen MR) is 78.6 cm³/mol. The van der Waals surface area contributed by atoms with Gasteiger partial charge in [-0.05, 0) is 29.6 Å². The van der Waals surface area contributed by atoms with E-state index in [1.54, 1.807) is 0 Å². The molecule has 2 nitrogen and oxygen atoms in total. The highest BCUT2D eigenvalue weighted by molar-refractivity contribution is 5.05. The summed E-state index contributed by atoms with van der Waals surface area (Å²) < 4.78 is 1.10. The SMILES string of the molecule is CC12CCC(CN(CCC[N+](C)(C)C)C1)C2(C)C.[I-]. The summed E-state index contributed by atoms with van der Waals surface area (Å²) in [7, 11) is 6.89. The number of hydrogen-bond acceptors (Lipinski definition) is 1. The summed E-state index contributed by atoms with van der Waals surface area (Å²) in [4.78, 5) is 2.75. The van der Waals surface area contributed by atoms with Gasteiger partial charge in [-0.15, -0.1) is 0 Å². The number of piperidine rings is 1. The highest BCUT2D eigenvalue weighted by atomic mass is 127. The fourth-order valence-electron chi connectivity index (χ4n) is 4.08. The van der Waals surface area contributed by atoms with Crippen molar-refractivity contribution >= 4 is 0 Å². The maximum Gasteiger partial charge on any atom is 0.0792 e. The smallest absolute Gasteiger partial charge is 0.0792 e. The van der Waals surface area contributed by atoms with Crippen LogP contribution in [-0.2, 0) is 0 Å². The number of nitrogens with zero attached hydrogens (tertiary/aromatic N) is 2. The van der Waals surface area contributed by atoms with Crippen LogP contribution in [0.4, 0.5) is 0 Å². The van der Waals surface area contributed by atoms with E-state index in [9.17, 15) is 0 Å². The number of fused-ring (bicyclic) bond motifs is 2. The molecule has 1 saturated carbocycles. The number of hydrogen-bond donors (Lipinski definition) is 0. The van der Waals surface area contributed by atoms with Crippen molar-refractivity contribution in [2.75, 3.05) is 47.3 Å². The topological polar surface area (TPSA) is 3.24 Å². The average Bonchev–Trinajstić information content (AvgIpc) is 2.36. The third-order valence-corrected chi connectivity index (χ3v) is 5.98. The molecule has 0 aromatic carbocycles. The second-order valence-corrected chi connectivity index (χ2v) is 8.62. The molecule has 2 unspecified atom stereocenters. The predicted octanol–water partition coefficient (Wildman–Crippen LogP) is -0.155. The van der Waals surface area contributed by atoms with Crippen LogP contribution in [0.2, 0.25) is 0 Å². The third-order valence-electron chi connectivity index (χ3n) is 5.98. The Labute approximate surface area is 137 Å². The van der Waals surface area contributed by atoms with Gasteiger partial charge in [0.2, 0.25) is 0 Å². The molecule has 2 fully saturated rings. The van der Waals surface area contributed by atoms with E-state index in [1.807, 2.05) is 0 Å². The highest BCUT2D eigenvalue weighted by Gasteiger charge is 2.55. The zero-order valence-electron chi connectivity index (χ0n) is 13.8. The molecule has 2 atom stereocenters. The van der Waals surface area contributed by atoms with Crippen molar-refractivity contribution in [1.29, 1.82) is 0 Å². The summed E-state index contributed by atoms with van der Waals surface area (Å²) in [5, 5.41) is 0. The Morgan fingerprint density at radius 3 is 2.32 bits per heavy atom. The van der Waals surface area contributed by atoms with Gasteiger partial charge in [0.15, 0.2) is 0 Å². The van der Waals surface area contributed by atoms with Crippen LogP contribution in [0.15, 0.2) is 0 Å². The maximum absolute atomic E-state index is 2.75. The molecule has 0 radical (unpaired) electrons. The van der Waals surface area contributed by atoms with E-state index in [1.165, 1.54) is 45.4 Å². The minimum absolute atomic E-state index is 0. The normalized spacial score (nSPS) is 34.1. The first-order chi connectivity index (χ1) is 8.14. The quantitative estimate of drug-likeness (QED) is 0.484. The van der Waals surface area contributed by atoms with Gasteiger partial charge in [0.25, 0.3) is 0 Å². The van der Waals surface area contributed by atoms with Crippen molar-refractivity contribution in [2.45, 2.75) is 40.0 Å². The molecule has 2 bridgehead atoms. The van der Waals surface area contributed by atoms with Gasteiger partial charge >= 0.3 is 0 Å². The fraction of sp³-hybridized carbons (Fsp3) is 1.00. The minimum Gasteiger partial charge on any atom is -1.00 e. The van der Waals surface area contributed by atoms with Crippen molar-refractivity contribution < 1.29 is 28.5 Å². The molecule has 0 spiro atoms. The molecule has 1 aliphatic carbocycles. The summed E-state index contributed by atoms with van der Waals surface area (Å²) in [6.45, 7) is 12.8. The molecule has 0 aromatic heterocycles. The largest absolute Gasteiger partial charge is 1.00 e. The second-order valence-electron chi connectivity index (χ2n) is 8.62. The molecule has 0 amide bonds. The summed E-state index contributed by atoms with van der Waals surface area (Å²) in [6, 6.07) is 0. The van der Waals surface area contributed by atoms with Gasteiger partial charge in [0, 0.05) is 26.1 Å². The summed E-state index contributed by atoms with van der Waals surface area (Å²) >= 11 is 0. The van der Waals surface area contributed by atoms with Gasteiger partial charge < -0.3 is 33.4 Å². The minimum atomic E-state index is 0. The van der Waals surface area contributed by atoms with E-state index in [4.69, 9.17) is 0 Å². The van der Waals surface area contributed by atoms with Crippen LogP contribution in [0, 0.1) is 16.7 Å². The van der Waals surface area contributed by atoms with Crippen LogP contribution in [0.1, 0.15) is 40.0 Å². The standard InChI is InChI=1S/C16H33N2.HI/c1-15(2)14-8-9-16(15,3)13-17(12-14)10-7-11-18(4,5)6;/h14H,7-13H2,1-6H3;1H/q+1;/p-1. The Morgan fingerprint density at radius 1 is 1.16 bits per heavy atom. The molecule has 2 rings (SSSR count). The molecule has 19 heavy (non-hydrogen) atoms. The van der Waals surface area contributed by atoms with Crippen molar-refractivity contribution in [1.82, 2.24) is 4.90 Å². The van der Waals surface area contributed by atoms with Gasteiger partial charge in [-0.2, -0.15) is 0 Å². The molecule has 114 valence electrons. The van der Waals surface area contributed by atoms with E-state index in [2.05, 4.69) is 46.8 Å². The first kappa shape index (κ1) is 17.7. The molecular formula is C16H33IN2. The second kappa shape index (κ2) is 5.80. The molecule has 0 aromatic rings. The molecule has 1 aliphatic heterocycles. The zero-order valence-corrected chi connectivity index (χ0v) is 16.0. The molecule has 1 heterocycles. The Bertz CT molecular complexity index is 308. The van der Waals surface area contributed by atoms with Gasteiger partial charge in [-0.25, -0.2) is 0 Å². The van der Waals surface area contributed by atoms with Gasteiger partial charge in [0.1, 0.15) is 0 Å². The van der Waals surface area contributed by atoms with Crippen LogP contribution in [0.5, 0.6) is 0 Å². The number of halogens is 1. The van der Waals surface area contributed by atoms with E-state index in [-0.39, 0.29) is 24.0 Å². The lowest BCUT2D eigenvalue weighted by molar-refractivity contribution is -0.870. The lowest BCUT2D eigenvalue weighted by Gasteiger charge is -2.50. The Kier molecular flexibility index (Phi) is 5.40. The van der Waals surface area contributed by atoms with Crippen molar-refractivity contribution in [3.8, 4) is 0 Å². The highest BCUT2D eigenvalue weighted by Crippen LogP contribution is 2.58. The Morgan fingerprint density at radius 2 is 1.79 bits per heavy atom. The third kappa shape index (κ3) is 3.65. The summed E-state index contributed by atoms with van der Waals surface area (Å²) in [5.74, 6) is 0.931. The van der Waals surface area contributed by atoms with Crippen LogP contribution < -0.4 is 24.0 Å². The van der Waals surface area contributed by atoms with Crippen LogP contribution in [0.3, 0.4) is 0 Å². The first-order valence-corrected chi connectivity index (χ1v) is 7.67. The Balaban J connectivity index is 0.00000180. The van der Waals surface area contributed by atoms with Crippen LogP contribution in [-0.4, -0.2) is 56.7 Å². The van der Waals surface area contributed by atoms with Crippen LogP contribution in [0.25, 0.3) is 0 Å². The average molecular weight is 380 g/mol. The lowest BCUT2D eigenvalue weighted by Crippen LogP contribution is -3.00. The van der Waals surface area contributed by atoms with Gasteiger partial charge in [0.05, 0.1) is 27.7 Å². The van der Waals surface area contributed by atoms with Crippen molar-refractivity contribution in [2.24, 2.45) is 16.7 Å². The van der Waals surface area contributed by atoms with Gasteiger partial charge in [-0.3, -0.25) is 0 Å². The molecule has 2 aliphatic rings. The maximum atomic E-state index is 2.75. The monoisotopic (exact) mass is 380 g/mol. The van der Waals surface area contributed by atoms with Crippen LogP contribution >= 0.6 is 0 Å². The number of quaternary nitrogens is 1. The zero-order chi connectivity index (χ0) is 13.6. The number of likely N-dealkylation sites (tertiary alicyclic amines) is 1. The van der Waals surface area contributed by atoms with Crippen molar-refractivity contribution in [3.63, 3.8) is 0 Å². The lowest BCUT2D eigenvalue weighted by atomic mass is 9.63. The van der Waals surface area contributed by atoms with E-state index in [0.717, 1.165) is 10.4 Å². The Hall–Kier alpha value is 0.650. The van der Waals surface area contributed by atoms with Crippen molar-refractivity contribution in [3.05, 3.63) is 0 Å².